The van der Waals surface area contributed by atoms with Crippen LogP contribution in [0.5, 0.6) is 0 Å². The molecule has 0 amide bonds. The number of benzene rings is 2. The first kappa shape index (κ1) is 16.5. The summed E-state index contributed by atoms with van der Waals surface area (Å²) in [4.78, 5) is 0. The summed E-state index contributed by atoms with van der Waals surface area (Å²) >= 11 is 0. The van der Waals surface area contributed by atoms with E-state index in [0.29, 0.717) is 0 Å². The summed E-state index contributed by atoms with van der Waals surface area (Å²) in [6, 6.07) is 17.4. The third-order valence-corrected chi connectivity index (χ3v) is 5.22. The van der Waals surface area contributed by atoms with E-state index in [1.165, 1.54) is 34.8 Å². The molecule has 0 aliphatic carbocycles. The zero-order valence-electron chi connectivity index (χ0n) is 13.4. The predicted octanol–water partition coefficient (Wildman–Crippen LogP) is 5.91. The van der Waals surface area contributed by atoms with E-state index in [2.05, 4.69) is 80.5 Å². The minimum absolute atomic E-state index is 0.0741. The molecule has 0 saturated carbocycles. The first-order valence-corrected chi connectivity index (χ1v) is 12.1. The molecule has 0 aliphatic heterocycles. The molecule has 21 heavy (non-hydrogen) atoms. The van der Waals surface area contributed by atoms with E-state index in [9.17, 15) is 0 Å². The normalized spacial score (nSPS) is 11.1. The fraction of sp³-hybridized carbons (Fsp3) is 0.333. The van der Waals surface area contributed by atoms with Crippen molar-refractivity contribution in [3.05, 3.63) is 59.7 Å². The summed E-state index contributed by atoms with van der Waals surface area (Å²) in [7, 11) is 0.148. The van der Waals surface area contributed by atoms with Crippen molar-refractivity contribution in [1.29, 1.82) is 0 Å². The van der Waals surface area contributed by atoms with Crippen LogP contribution < -0.4 is 5.32 Å². The van der Waals surface area contributed by atoms with Gasteiger partial charge in [0, 0.05) is 11.4 Å². The second kappa shape index (κ2) is 7.92. The van der Waals surface area contributed by atoms with Crippen molar-refractivity contribution in [3.63, 3.8) is 0 Å². The summed E-state index contributed by atoms with van der Waals surface area (Å²) in [6.07, 6.45) is 2.35. The van der Waals surface area contributed by atoms with Gasteiger partial charge in [-0.05, 0) is 62.2 Å². The molecule has 0 radical (unpaired) electrons. The van der Waals surface area contributed by atoms with Crippen LogP contribution in [0, 0.1) is 0 Å². The SMILES string of the molecule is CP(C)Cc1ccccc1Nc1ccccc1CP(C)C. The van der Waals surface area contributed by atoms with Crippen molar-refractivity contribution in [2.24, 2.45) is 0 Å². The maximum Gasteiger partial charge on any atom is 0.0420 e. The number of hydrogen-bond donors (Lipinski definition) is 1. The molecule has 2 aromatic rings. The van der Waals surface area contributed by atoms with E-state index in [1.807, 2.05) is 0 Å². The van der Waals surface area contributed by atoms with Crippen LogP contribution in [0.2, 0.25) is 0 Å². The van der Waals surface area contributed by atoms with Gasteiger partial charge in [-0.1, -0.05) is 36.4 Å². The van der Waals surface area contributed by atoms with E-state index in [1.54, 1.807) is 0 Å². The number of rotatable bonds is 6. The van der Waals surface area contributed by atoms with Crippen LogP contribution in [0.15, 0.2) is 48.5 Å². The van der Waals surface area contributed by atoms with Gasteiger partial charge >= 0.3 is 0 Å². The summed E-state index contributed by atoms with van der Waals surface area (Å²) in [5, 5.41) is 3.67. The first-order chi connectivity index (χ1) is 10.1. The number of nitrogens with one attached hydrogen (secondary N) is 1. The van der Waals surface area contributed by atoms with E-state index >= 15 is 0 Å². The third-order valence-electron chi connectivity index (χ3n) is 3.28. The van der Waals surface area contributed by atoms with Gasteiger partial charge in [-0.25, -0.2) is 0 Å². The van der Waals surface area contributed by atoms with Gasteiger partial charge < -0.3 is 5.32 Å². The Kier molecular flexibility index (Phi) is 6.22. The van der Waals surface area contributed by atoms with E-state index in [0.717, 1.165) is 0 Å². The molecule has 0 fully saturated rings. The second-order valence-corrected chi connectivity index (χ2v) is 10.9. The molecule has 0 spiro atoms. The molecule has 0 unspecified atom stereocenters. The number of anilines is 2. The summed E-state index contributed by atoms with van der Waals surface area (Å²) in [5.74, 6) is 0. The molecule has 2 aromatic carbocycles. The maximum absolute atomic E-state index is 3.67. The van der Waals surface area contributed by atoms with Crippen molar-refractivity contribution in [1.82, 2.24) is 0 Å². The van der Waals surface area contributed by atoms with Gasteiger partial charge in [0.2, 0.25) is 0 Å². The minimum Gasteiger partial charge on any atom is -0.355 e. The Morgan fingerprint density at radius 2 is 1.05 bits per heavy atom. The molecule has 2 rings (SSSR count). The molecule has 0 aliphatic rings. The lowest BCUT2D eigenvalue weighted by Crippen LogP contribution is -1.99. The van der Waals surface area contributed by atoms with Crippen LogP contribution in [0.1, 0.15) is 11.1 Å². The Labute approximate surface area is 131 Å². The van der Waals surface area contributed by atoms with Crippen molar-refractivity contribution in [2.75, 3.05) is 32.0 Å². The average Bonchev–Trinajstić information content (AvgIpc) is 2.42. The standard InChI is InChI=1S/C18H25NP2/c1-20(2)13-15-9-5-7-11-17(15)19-18-12-8-6-10-16(18)14-21(3)4/h5-12,19H,13-14H2,1-4H3. The average molecular weight is 317 g/mol. The van der Waals surface area contributed by atoms with Crippen LogP contribution >= 0.6 is 15.8 Å². The van der Waals surface area contributed by atoms with Crippen molar-refractivity contribution < 1.29 is 0 Å². The topological polar surface area (TPSA) is 12.0 Å². The highest BCUT2D eigenvalue weighted by Gasteiger charge is 2.08. The van der Waals surface area contributed by atoms with E-state index in [-0.39, 0.29) is 15.8 Å². The zero-order valence-corrected chi connectivity index (χ0v) is 15.2. The van der Waals surface area contributed by atoms with Gasteiger partial charge in [-0.15, -0.1) is 15.8 Å². The third kappa shape index (κ3) is 5.10. The Morgan fingerprint density at radius 3 is 1.43 bits per heavy atom. The Balaban J connectivity index is 2.26. The van der Waals surface area contributed by atoms with Gasteiger partial charge in [-0.3, -0.25) is 0 Å². The molecule has 3 heteroatoms. The highest BCUT2D eigenvalue weighted by molar-refractivity contribution is 7.55. The summed E-state index contributed by atoms with van der Waals surface area (Å²) < 4.78 is 0. The Bertz CT molecular complexity index is 527. The number of para-hydroxylation sites is 2. The fourth-order valence-corrected chi connectivity index (χ4v) is 4.30. The van der Waals surface area contributed by atoms with E-state index < -0.39 is 0 Å². The fourth-order valence-electron chi connectivity index (χ4n) is 2.39. The largest absolute Gasteiger partial charge is 0.355 e. The molecule has 0 aromatic heterocycles. The molecule has 0 atom stereocenters. The van der Waals surface area contributed by atoms with Gasteiger partial charge in [0.1, 0.15) is 0 Å². The van der Waals surface area contributed by atoms with Crippen molar-refractivity contribution >= 4 is 27.2 Å². The lowest BCUT2D eigenvalue weighted by Gasteiger charge is -2.17. The molecular weight excluding hydrogens is 292 g/mol. The highest BCUT2D eigenvalue weighted by atomic mass is 31.1. The molecule has 1 nitrogen and oxygen atoms in total. The van der Waals surface area contributed by atoms with Gasteiger partial charge in [0.25, 0.3) is 0 Å². The van der Waals surface area contributed by atoms with Gasteiger partial charge in [-0.2, -0.15) is 0 Å². The van der Waals surface area contributed by atoms with E-state index in [4.69, 9.17) is 0 Å². The minimum atomic E-state index is 0.0741. The smallest absolute Gasteiger partial charge is 0.0420 e. The van der Waals surface area contributed by atoms with Crippen molar-refractivity contribution in [2.45, 2.75) is 12.3 Å². The first-order valence-electron chi connectivity index (χ1n) is 7.28. The van der Waals surface area contributed by atoms with Gasteiger partial charge in [0.05, 0.1) is 0 Å². The summed E-state index contributed by atoms with van der Waals surface area (Å²) in [5.41, 5.74) is 5.38. The molecule has 0 bridgehead atoms. The predicted molar refractivity (Wildman–Crippen MR) is 101 cm³/mol. The molecule has 0 saturated heterocycles. The van der Waals surface area contributed by atoms with Gasteiger partial charge in [0.15, 0.2) is 0 Å². The highest BCUT2D eigenvalue weighted by Crippen LogP contribution is 2.37. The van der Waals surface area contributed by atoms with Crippen molar-refractivity contribution in [3.8, 4) is 0 Å². The Morgan fingerprint density at radius 1 is 0.667 bits per heavy atom. The lowest BCUT2D eigenvalue weighted by atomic mass is 10.1. The van der Waals surface area contributed by atoms with Crippen LogP contribution in [0.25, 0.3) is 0 Å². The van der Waals surface area contributed by atoms with Crippen LogP contribution in [0.4, 0.5) is 11.4 Å². The maximum atomic E-state index is 3.67. The second-order valence-electron chi connectivity index (χ2n) is 5.91. The quantitative estimate of drug-likeness (QED) is 0.653. The molecule has 112 valence electrons. The summed E-state index contributed by atoms with van der Waals surface area (Å²) in [6.45, 7) is 9.34. The lowest BCUT2D eigenvalue weighted by molar-refractivity contribution is 1.34. The molecule has 1 N–H and O–H groups in total. The molecule has 0 heterocycles. The van der Waals surface area contributed by atoms with Crippen LogP contribution in [0.3, 0.4) is 0 Å². The van der Waals surface area contributed by atoms with Crippen LogP contribution in [-0.2, 0) is 12.3 Å². The Hall–Kier alpha value is -0.900. The van der Waals surface area contributed by atoms with Crippen LogP contribution in [-0.4, -0.2) is 26.7 Å². The monoisotopic (exact) mass is 317 g/mol. The molecular formula is C18H25NP2. The zero-order chi connectivity index (χ0) is 15.2. The number of hydrogen-bond acceptors (Lipinski definition) is 1.